The lowest BCUT2D eigenvalue weighted by molar-refractivity contribution is -0.115. The van der Waals surface area contributed by atoms with Gasteiger partial charge in [-0.25, -0.2) is 4.39 Å². The van der Waals surface area contributed by atoms with E-state index in [1.807, 2.05) is 36.1 Å². The number of nitrogens with zero attached hydrogens (tertiary/aromatic N) is 2. The van der Waals surface area contributed by atoms with E-state index in [-0.39, 0.29) is 18.3 Å². The van der Waals surface area contributed by atoms with Crippen molar-refractivity contribution in [3.05, 3.63) is 53.3 Å². The zero-order valence-corrected chi connectivity index (χ0v) is 16.2. The molecule has 2 aliphatic rings. The van der Waals surface area contributed by atoms with Gasteiger partial charge in [0.1, 0.15) is 5.82 Å². The molecular weight excluding hydrogens is 357 g/mol. The first-order valence-electron chi connectivity index (χ1n) is 9.87. The van der Waals surface area contributed by atoms with Crippen LogP contribution >= 0.6 is 0 Å². The largest absolute Gasteiger partial charge is 0.378 e. The Labute approximate surface area is 165 Å². The van der Waals surface area contributed by atoms with Crippen LogP contribution in [0.4, 0.5) is 21.5 Å². The summed E-state index contributed by atoms with van der Waals surface area (Å²) in [5.74, 6) is -0.264. The summed E-state index contributed by atoms with van der Waals surface area (Å²) in [5, 5.41) is 2.97. The molecule has 0 aliphatic carbocycles. The number of benzene rings is 2. The fraction of sp³-hybridized carbons (Fsp3) is 0.409. The molecule has 5 nitrogen and oxygen atoms in total. The predicted octanol–water partition coefficient (Wildman–Crippen LogP) is 3.36. The van der Waals surface area contributed by atoms with E-state index in [0.717, 1.165) is 73.9 Å². The van der Waals surface area contributed by atoms with Crippen LogP contribution in [-0.4, -0.2) is 45.3 Å². The van der Waals surface area contributed by atoms with Crippen molar-refractivity contribution < 1.29 is 13.9 Å². The minimum atomic E-state index is -0.176. The Morgan fingerprint density at radius 2 is 1.86 bits per heavy atom. The molecular formula is C22H26FN3O2. The van der Waals surface area contributed by atoms with E-state index in [1.165, 1.54) is 6.07 Å². The highest BCUT2D eigenvalue weighted by molar-refractivity contribution is 5.94. The highest BCUT2D eigenvalue weighted by Crippen LogP contribution is 2.32. The maximum absolute atomic E-state index is 14.2. The Kier molecular flexibility index (Phi) is 5.48. The van der Waals surface area contributed by atoms with Crippen molar-refractivity contribution in [1.82, 2.24) is 0 Å². The molecule has 1 N–H and O–H groups in total. The van der Waals surface area contributed by atoms with Crippen molar-refractivity contribution in [2.24, 2.45) is 0 Å². The molecule has 0 aromatic heterocycles. The van der Waals surface area contributed by atoms with Crippen LogP contribution in [0.5, 0.6) is 0 Å². The lowest BCUT2D eigenvalue weighted by Crippen LogP contribution is -2.37. The number of halogens is 1. The second kappa shape index (κ2) is 8.19. The third-order valence-electron chi connectivity index (χ3n) is 5.46. The van der Waals surface area contributed by atoms with Crippen LogP contribution in [0.3, 0.4) is 0 Å². The number of fused-ring (bicyclic) bond motifs is 1. The Balaban J connectivity index is 1.41. The van der Waals surface area contributed by atoms with E-state index in [0.29, 0.717) is 0 Å². The summed E-state index contributed by atoms with van der Waals surface area (Å²) in [5.41, 5.74) is 4.53. The van der Waals surface area contributed by atoms with Crippen LogP contribution in [0.1, 0.15) is 17.5 Å². The quantitative estimate of drug-likeness (QED) is 0.879. The summed E-state index contributed by atoms with van der Waals surface area (Å²) in [6.45, 7) is 6.22. The van der Waals surface area contributed by atoms with Crippen LogP contribution in [-0.2, 0) is 16.0 Å². The number of hydrogen-bond acceptors (Lipinski definition) is 4. The number of nitrogens with one attached hydrogen (secondary N) is 1. The van der Waals surface area contributed by atoms with Crippen LogP contribution < -0.4 is 15.1 Å². The Hall–Kier alpha value is -2.60. The van der Waals surface area contributed by atoms with E-state index >= 15 is 0 Å². The van der Waals surface area contributed by atoms with Crippen molar-refractivity contribution in [2.45, 2.75) is 19.8 Å². The van der Waals surface area contributed by atoms with Crippen molar-refractivity contribution >= 4 is 23.0 Å². The molecule has 0 unspecified atom stereocenters. The van der Waals surface area contributed by atoms with Crippen molar-refractivity contribution in [3.8, 4) is 0 Å². The third kappa shape index (κ3) is 3.97. The van der Waals surface area contributed by atoms with E-state index in [9.17, 15) is 9.18 Å². The van der Waals surface area contributed by atoms with Gasteiger partial charge in [-0.05, 0) is 55.7 Å². The number of morpholine rings is 1. The lowest BCUT2D eigenvalue weighted by atomic mass is 9.97. The number of hydrogen-bond donors (Lipinski definition) is 1. The molecule has 1 amide bonds. The SMILES string of the molecule is Cc1ccc(F)c2c1N(CC(=O)Nc1ccc(N3CCOCC3)cc1)CCC2. The van der Waals surface area contributed by atoms with E-state index < -0.39 is 0 Å². The molecule has 4 rings (SSSR count). The number of carbonyl (C=O) groups is 1. The molecule has 0 bridgehead atoms. The molecule has 1 saturated heterocycles. The maximum atomic E-state index is 14.2. The minimum Gasteiger partial charge on any atom is -0.378 e. The number of carbonyl (C=O) groups excluding carboxylic acids is 1. The van der Waals surface area contributed by atoms with Gasteiger partial charge in [-0.1, -0.05) is 6.07 Å². The molecule has 28 heavy (non-hydrogen) atoms. The summed E-state index contributed by atoms with van der Waals surface area (Å²) in [4.78, 5) is 16.9. The van der Waals surface area contributed by atoms with Crippen molar-refractivity contribution in [1.29, 1.82) is 0 Å². The Morgan fingerprint density at radius 1 is 1.11 bits per heavy atom. The summed E-state index contributed by atoms with van der Waals surface area (Å²) < 4.78 is 19.5. The zero-order chi connectivity index (χ0) is 19.5. The molecule has 2 aliphatic heterocycles. The van der Waals surface area contributed by atoms with Crippen molar-refractivity contribution in [2.75, 3.05) is 54.5 Å². The molecule has 6 heteroatoms. The smallest absolute Gasteiger partial charge is 0.243 e. The highest BCUT2D eigenvalue weighted by atomic mass is 19.1. The summed E-state index contributed by atoms with van der Waals surface area (Å²) in [7, 11) is 0. The minimum absolute atomic E-state index is 0.0874. The number of aryl methyl sites for hydroxylation is 1. The molecule has 0 atom stereocenters. The van der Waals surface area contributed by atoms with Gasteiger partial charge in [-0.2, -0.15) is 0 Å². The fourth-order valence-electron chi connectivity index (χ4n) is 4.07. The van der Waals surface area contributed by atoms with Crippen LogP contribution in [0.25, 0.3) is 0 Å². The lowest BCUT2D eigenvalue weighted by Gasteiger charge is -2.32. The Bertz CT molecular complexity index is 848. The number of ether oxygens (including phenoxy) is 1. The van der Waals surface area contributed by atoms with Gasteiger partial charge in [0, 0.05) is 42.3 Å². The van der Waals surface area contributed by atoms with E-state index in [2.05, 4.69) is 10.2 Å². The van der Waals surface area contributed by atoms with Gasteiger partial charge in [-0.15, -0.1) is 0 Å². The van der Waals surface area contributed by atoms with Crippen LogP contribution in [0.15, 0.2) is 36.4 Å². The average Bonchev–Trinajstić information content (AvgIpc) is 2.72. The van der Waals surface area contributed by atoms with E-state index in [4.69, 9.17) is 4.74 Å². The van der Waals surface area contributed by atoms with Gasteiger partial charge in [0.05, 0.1) is 19.8 Å². The van der Waals surface area contributed by atoms with Gasteiger partial charge < -0.3 is 19.9 Å². The number of anilines is 3. The molecule has 0 saturated carbocycles. The summed E-state index contributed by atoms with van der Waals surface area (Å²) in [6.07, 6.45) is 1.58. The molecule has 2 aromatic carbocycles. The van der Waals surface area contributed by atoms with Gasteiger partial charge >= 0.3 is 0 Å². The normalized spacial score (nSPS) is 16.6. The number of amides is 1. The predicted molar refractivity (Wildman–Crippen MR) is 110 cm³/mol. The van der Waals surface area contributed by atoms with Gasteiger partial charge in [0.15, 0.2) is 0 Å². The average molecular weight is 383 g/mol. The van der Waals surface area contributed by atoms with Crippen molar-refractivity contribution in [3.63, 3.8) is 0 Å². The first-order valence-corrected chi connectivity index (χ1v) is 9.87. The van der Waals surface area contributed by atoms with Crippen LogP contribution in [0.2, 0.25) is 0 Å². The number of rotatable bonds is 4. The molecule has 1 fully saturated rings. The topological polar surface area (TPSA) is 44.8 Å². The first kappa shape index (κ1) is 18.7. The first-order chi connectivity index (χ1) is 13.6. The van der Waals surface area contributed by atoms with E-state index in [1.54, 1.807) is 6.07 Å². The molecule has 2 heterocycles. The van der Waals surface area contributed by atoms with Gasteiger partial charge in [0.25, 0.3) is 0 Å². The van der Waals surface area contributed by atoms with Gasteiger partial charge in [0.2, 0.25) is 5.91 Å². The third-order valence-corrected chi connectivity index (χ3v) is 5.46. The molecule has 2 aromatic rings. The fourth-order valence-corrected chi connectivity index (χ4v) is 4.07. The second-order valence-electron chi connectivity index (χ2n) is 7.41. The summed E-state index contributed by atoms with van der Waals surface area (Å²) >= 11 is 0. The standard InChI is InChI=1S/C22H26FN3O2/c1-16-4-9-20(23)19-3-2-10-26(22(16)19)15-21(27)24-17-5-7-18(8-6-17)25-11-13-28-14-12-25/h4-9H,2-3,10-15H2,1H3,(H,24,27). The van der Waals surface area contributed by atoms with Gasteiger partial charge in [-0.3, -0.25) is 4.79 Å². The van der Waals surface area contributed by atoms with Crippen LogP contribution in [0, 0.1) is 12.7 Å². The molecule has 148 valence electrons. The monoisotopic (exact) mass is 383 g/mol. The highest BCUT2D eigenvalue weighted by Gasteiger charge is 2.23. The Morgan fingerprint density at radius 3 is 2.61 bits per heavy atom. The molecule has 0 spiro atoms. The molecule has 0 radical (unpaired) electrons. The second-order valence-corrected chi connectivity index (χ2v) is 7.41. The zero-order valence-electron chi connectivity index (χ0n) is 16.2. The summed E-state index contributed by atoms with van der Waals surface area (Å²) in [6, 6.07) is 11.2. The maximum Gasteiger partial charge on any atom is 0.243 e.